The maximum atomic E-state index is 13.2. The summed E-state index contributed by atoms with van der Waals surface area (Å²) in [5, 5.41) is 0. The summed E-state index contributed by atoms with van der Waals surface area (Å²) in [6, 6.07) is 14.3. The fourth-order valence-corrected chi connectivity index (χ4v) is 5.30. The summed E-state index contributed by atoms with van der Waals surface area (Å²) >= 11 is 0. The highest BCUT2D eigenvalue weighted by Gasteiger charge is 2.29. The zero-order valence-electron chi connectivity index (χ0n) is 18.5. The second-order valence-electron chi connectivity index (χ2n) is 7.97. The average Bonchev–Trinajstić information content (AvgIpc) is 3.13. The number of aromatic nitrogens is 1. The van der Waals surface area contributed by atoms with E-state index in [1.54, 1.807) is 0 Å². The van der Waals surface area contributed by atoms with Gasteiger partial charge in [-0.05, 0) is 24.1 Å². The van der Waals surface area contributed by atoms with Crippen LogP contribution in [0.2, 0.25) is 0 Å². The van der Waals surface area contributed by atoms with Gasteiger partial charge in [0.1, 0.15) is 6.54 Å². The Morgan fingerprint density at radius 1 is 1.06 bits per heavy atom. The molecule has 9 nitrogen and oxygen atoms in total. The Labute approximate surface area is 192 Å². The predicted molar refractivity (Wildman–Crippen MR) is 122 cm³/mol. The Morgan fingerprint density at radius 3 is 2.48 bits per heavy atom. The smallest absolute Gasteiger partial charge is 0.420 e. The van der Waals surface area contributed by atoms with Crippen molar-refractivity contribution in [2.75, 3.05) is 32.8 Å². The third-order valence-corrected chi connectivity index (χ3v) is 7.51. The molecule has 4 rings (SSSR count). The third-order valence-electron chi connectivity index (χ3n) is 5.61. The number of carbonyl (C=O) groups excluding carboxylic acids is 1. The highest BCUT2D eigenvalue weighted by molar-refractivity contribution is 7.89. The van der Waals surface area contributed by atoms with E-state index in [2.05, 4.69) is 17.0 Å². The maximum absolute atomic E-state index is 13.2. The number of hydrogen-bond acceptors (Lipinski definition) is 7. The van der Waals surface area contributed by atoms with E-state index >= 15 is 0 Å². The van der Waals surface area contributed by atoms with Crippen LogP contribution in [0.3, 0.4) is 0 Å². The van der Waals surface area contributed by atoms with Crippen LogP contribution in [-0.4, -0.2) is 60.9 Å². The number of benzene rings is 2. The SMILES string of the molecule is CCCOC(=O)Cn1c(=O)oc2cc(S(=O)(=O)N3CCN(Cc4ccccc4)CC3)ccc21. The van der Waals surface area contributed by atoms with Crippen LogP contribution in [-0.2, 0) is 32.6 Å². The van der Waals surface area contributed by atoms with Crippen molar-refractivity contribution < 1.29 is 22.4 Å². The highest BCUT2D eigenvalue weighted by Crippen LogP contribution is 2.23. The molecule has 10 heteroatoms. The molecule has 1 aromatic heterocycles. The standard InChI is InChI=1S/C23H27N3O6S/c1-2-14-31-22(27)17-26-20-9-8-19(15-21(20)32-23(26)28)33(29,30)25-12-10-24(11-13-25)16-18-6-4-3-5-7-18/h3-9,15H,2,10-14,16-17H2,1H3. The van der Waals surface area contributed by atoms with E-state index in [0.29, 0.717) is 38.1 Å². The number of piperazine rings is 1. The lowest BCUT2D eigenvalue weighted by Crippen LogP contribution is -2.48. The summed E-state index contributed by atoms with van der Waals surface area (Å²) in [5.41, 5.74) is 1.66. The fourth-order valence-electron chi connectivity index (χ4n) is 3.87. The summed E-state index contributed by atoms with van der Waals surface area (Å²) in [4.78, 5) is 26.4. The highest BCUT2D eigenvalue weighted by atomic mass is 32.2. The second-order valence-corrected chi connectivity index (χ2v) is 9.91. The molecule has 0 bridgehead atoms. The normalized spacial score (nSPS) is 15.7. The number of carbonyl (C=O) groups is 1. The molecule has 0 radical (unpaired) electrons. The summed E-state index contributed by atoms with van der Waals surface area (Å²) < 4.78 is 39.2. The number of rotatable bonds is 8. The van der Waals surface area contributed by atoms with Crippen LogP contribution in [0.1, 0.15) is 18.9 Å². The van der Waals surface area contributed by atoms with Gasteiger partial charge in [-0.15, -0.1) is 0 Å². The van der Waals surface area contributed by atoms with Crippen molar-refractivity contribution in [1.29, 1.82) is 0 Å². The molecule has 0 atom stereocenters. The average molecular weight is 474 g/mol. The molecule has 2 heterocycles. The number of ether oxygens (including phenoxy) is 1. The monoisotopic (exact) mass is 473 g/mol. The first kappa shape index (κ1) is 23.2. The first-order chi connectivity index (χ1) is 15.9. The van der Waals surface area contributed by atoms with Gasteiger partial charge in [0.15, 0.2) is 5.58 Å². The van der Waals surface area contributed by atoms with Gasteiger partial charge in [0.25, 0.3) is 0 Å². The molecular weight excluding hydrogens is 446 g/mol. The number of sulfonamides is 1. The van der Waals surface area contributed by atoms with Gasteiger partial charge < -0.3 is 9.15 Å². The Hall–Kier alpha value is -2.95. The lowest BCUT2D eigenvalue weighted by atomic mass is 10.2. The molecule has 0 unspecified atom stereocenters. The number of fused-ring (bicyclic) bond motifs is 1. The molecule has 0 N–H and O–H groups in total. The van der Waals surface area contributed by atoms with Crippen LogP contribution < -0.4 is 5.76 Å². The first-order valence-corrected chi connectivity index (χ1v) is 12.4. The van der Waals surface area contributed by atoms with E-state index < -0.39 is 21.7 Å². The van der Waals surface area contributed by atoms with Gasteiger partial charge in [-0.25, -0.2) is 13.2 Å². The topological polar surface area (TPSA) is 102 Å². The molecule has 0 amide bonds. The van der Waals surface area contributed by atoms with Crippen molar-refractivity contribution in [3.63, 3.8) is 0 Å². The van der Waals surface area contributed by atoms with Crippen molar-refractivity contribution in [3.8, 4) is 0 Å². The lowest BCUT2D eigenvalue weighted by Gasteiger charge is -2.34. The summed E-state index contributed by atoms with van der Waals surface area (Å²) in [6.45, 7) is 4.63. The molecule has 1 aliphatic rings. The van der Waals surface area contributed by atoms with E-state index in [4.69, 9.17) is 9.15 Å². The third kappa shape index (κ3) is 5.18. The molecule has 0 spiro atoms. The molecule has 33 heavy (non-hydrogen) atoms. The zero-order chi connectivity index (χ0) is 23.4. The minimum Gasteiger partial charge on any atom is -0.464 e. The predicted octanol–water partition coefficient (Wildman–Crippen LogP) is 2.05. The largest absolute Gasteiger partial charge is 0.464 e. The fraction of sp³-hybridized carbons (Fsp3) is 0.391. The zero-order valence-corrected chi connectivity index (χ0v) is 19.3. The molecule has 1 aliphatic heterocycles. The van der Waals surface area contributed by atoms with Gasteiger partial charge >= 0.3 is 11.7 Å². The van der Waals surface area contributed by atoms with Crippen LogP contribution in [0.15, 0.2) is 62.6 Å². The van der Waals surface area contributed by atoms with Gasteiger partial charge in [0.2, 0.25) is 10.0 Å². The van der Waals surface area contributed by atoms with Gasteiger partial charge in [0.05, 0.1) is 17.0 Å². The molecular formula is C23H27N3O6S. The van der Waals surface area contributed by atoms with E-state index in [1.165, 1.54) is 28.1 Å². The van der Waals surface area contributed by atoms with E-state index in [0.717, 1.165) is 11.1 Å². The Kier molecular flexibility index (Phi) is 6.96. The molecule has 3 aromatic rings. The van der Waals surface area contributed by atoms with Crippen LogP contribution in [0.5, 0.6) is 0 Å². The first-order valence-electron chi connectivity index (χ1n) is 10.9. The van der Waals surface area contributed by atoms with E-state index in [1.807, 2.05) is 25.1 Å². The van der Waals surface area contributed by atoms with Crippen molar-refractivity contribution in [2.45, 2.75) is 31.3 Å². The van der Waals surface area contributed by atoms with Gasteiger partial charge in [0, 0.05) is 38.8 Å². The van der Waals surface area contributed by atoms with Crippen LogP contribution in [0.4, 0.5) is 0 Å². The van der Waals surface area contributed by atoms with Gasteiger partial charge in [-0.2, -0.15) is 4.31 Å². The summed E-state index contributed by atoms with van der Waals surface area (Å²) in [7, 11) is -3.74. The van der Waals surface area contributed by atoms with Crippen molar-refractivity contribution in [2.24, 2.45) is 0 Å². The molecule has 0 aliphatic carbocycles. The van der Waals surface area contributed by atoms with E-state index in [-0.39, 0.29) is 23.6 Å². The van der Waals surface area contributed by atoms with Crippen molar-refractivity contribution in [3.05, 3.63) is 64.6 Å². The minimum atomic E-state index is -3.74. The Bertz CT molecular complexity index is 1270. The lowest BCUT2D eigenvalue weighted by molar-refractivity contribution is -0.144. The molecule has 2 aromatic carbocycles. The maximum Gasteiger partial charge on any atom is 0.420 e. The second kappa shape index (κ2) is 9.90. The van der Waals surface area contributed by atoms with Gasteiger partial charge in [-0.3, -0.25) is 14.3 Å². The summed E-state index contributed by atoms with van der Waals surface area (Å²) in [6.07, 6.45) is 0.675. The Balaban J connectivity index is 1.47. The summed E-state index contributed by atoms with van der Waals surface area (Å²) in [5.74, 6) is -1.28. The number of oxazole rings is 1. The number of nitrogens with zero attached hydrogens (tertiary/aromatic N) is 3. The van der Waals surface area contributed by atoms with Crippen LogP contribution >= 0.6 is 0 Å². The number of esters is 1. The molecule has 0 saturated carbocycles. The number of hydrogen-bond donors (Lipinski definition) is 0. The van der Waals surface area contributed by atoms with E-state index in [9.17, 15) is 18.0 Å². The van der Waals surface area contributed by atoms with Crippen LogP contribution in [0.25, 0.3) is 11.1 Å². The minimum absolute atomic E-state index is 0.0565. The molecule has 176 valence electrons. The van der Waals surface area contributed by atoms with Crippen molar-refractivity contribution in [1.82, 2.24) is 13.8 Å². The molecule has 1 saturated heterocycles. The van der Waals surface area contributed by atoms with Crippen LogP contribution in [0, 0.1) is 0 Å². The van der Waals surface area contributed by atoms with Gasteiger partial charge in [-0.1, -0.05) is 37.3 Å². The quantitative estimate of drug-likeness (QED) is 0.462. The Morgan fingerprint density at radius 2 is 1.79 bits per heavy atom. The van der Waals surface area contributed by atoms with Crippen molar-refractivity contribution >= 4 is 27.1 Å². The molecule has 1 fully saturated rings.